The highest BCUT2D eigenvalue weighted by molar-refractivity contribution is 5.98. The van der Waals surface area contributed by atoms with Crippen molar-refractivity contribution in [1.82, 2.24) is 4.90 Å². The molecule has 1 heterocycles. The maximum absolute atomic E-state index is 13.1. The summed E-state index contributed by atoms with van der Waals surface area (Å²) in [6.45, 7) is 3.63. The number of rotatable bonds is 6. The summed E-state index contributed by atoms with van der Waals surface area (Å²) >= 11 is 0. The summed E-state index contributed by atoms with van der Waals surface area (Å²) in [7, 11) is 0. The van der Waals surface area contributed by atoms with Gasteiger partial charge in [0.15, 0.2) is 5.78 Å². The van der Waals surface area contributed by atoms with Gasteiger partial charge in [-0.1, -0.05) is 12.1 Å². The number of carbonyl (C=O) groups is 2. The molecule has 1 atom stereocenters. The molecule has 1 aliphatic rings. The van der Waals surface area contributed by atoms with Gasteiger partial charge in [-0.05, 0) is 61.7 Å². The van der Waals surface area contributed by atoms with Crippen molar-refractivity contribution in [2.45, 2.75) is 26.2 Å². The van der Waals surface area contributed by atoms with Crippen LogP contribution in [0.2, 0.25) is 0 Å². The standard InChI is InChI=1S/C22H24FNO3/c1-2-27-20-11-5-16(6-12-20)14-21(25)24-13-3-4-18(15-24)22(26)17-7-9-19(23)10-8-17/h5-12,18H,2-4,13-15H2,1H3. The summed E-state index contributed by atoms with van der Waals surface area (Å²) in [6.07, 6.45) is 1.86. The lowest BCUT2D eigenvalue weighted by molar-refractivity contribution is -0.131. The average Bonchev–Trinajstić information content (AvgIpc) is 2.70. The number of Topliss-reactive ketones (excluding diaryl/α,β-unsaturated/α-hetero) is 1. The Hall–Kier alpha value is -2.69. The van der Waals surface area contributed by atoms with Gasteiger partial charge in [-0.25, -0.2) is 4.39 Å². The average molecular weight is 369 g/mol. The van der Waals surface area contributed by atoms with Gasteiger partial charge in [-0.15, -0.1) is 0 Å². The van der Waals surface area contributed by atoms with E-state index in [2.05, 4.69) is 0 Å². The van der Waals surface area contributed by atoms with E-state index < -0.39 is 0 Å². The van der Waals surface area contributed by atoms with Gasteiger partial charge in [0, 0.05) is 24.6 Å². The summed E-state index contributed by atoms with van der Waals surface area (Å²) in [6, 6.07) is 13.1. The van der Waals surface area contributed by atoms with Crippen molar-refractivity contribution >= 4 is 11.7 Å². The molecule has 4 nitrogen and oxygen atoms in total. The van der Waals surface area contributed by atoms with Crippen LogP contribution >= 0.6 is 0 Å². The normalized spacial score (nSPS) is 16.8. The second-order valence-corrected chi connectivity index (χ2v) is 6.80. The smallest absolute Gasteiger partial charge is 0.227 e. The SMILES string of the molecule is CCOc1ccc(CC(=O)N2CCCC(C(=O)c3ccc(F)cc3)C2)cc1. The second kappa shape index (κ2) is 8.80. The summed E-state index contributed by atoms with van der Waals surface area (Å²) in [5.41, 5.74) is 1.43. The highest BCUT2D eigenvalue weighted by Gasteiger charge is 2.29. The molecular weight excluding hydrogens is 345 g/mol. The third-order valence-electron chi connectivity index (χ3n) is 4.86. The Labute approximate surface area is 158 Å². The van der Waals surface area contributed by atoms with Gasteiger partial charge >= 0.3 is 0 Å². The first kappa shape index (κ1) is 19.1. The molecule has 0 saturated carbocycles. The zero-order valence-corrected chi connectivity index (χ0v) is 15.5. The van der Waals surface area contributed by atoms with Crippen LogP contribution in [0.15, 0.2) is 48.5 Å². The molecule has 1 aliphatic heterocycles. The molecule has 0 spiro atoms. The lowest BCUT2D eigenvalue weighted by atomic mass is 9.89. The van der Waals surface area contributed by atoms with Crippen LogP contribution in [-0.2, 0) is 11.2 Å². The molecular formula is C22H24FNO3. The molecule has 2 aromatic carbocycles. The Kier molecular flexibility index (Phi) is 6.22. The van der Waals surface area contributed by atoms with Crippen LogP contribution in [0.3, 0.4) is 0 Å². The monoisotopic (exact) mass is 369 g/mol. The first-order chi connectivity index (χ1) is 13.1. The maximum atomic E-state index is 13.1. The Morgan fingerprint density at radius 1 is 1.11 bits per heavy atom. The molecule has 1 amide bonds. The predicted octanol–water partition coefficient (Wildman–Crippen LogP) is 3.89. The molecule has 1 fully saturated rings. The van der Waals surface area contributed by atoms with Gasteiger partial charge in [0.05, 0.1) is 13.0 Å². The molecule has 27 heavy (non-hydrogen) atoms. The number of likely N-dealkylation sites (tertiary alicyclic amines) is 1. The van der Waals surface area contributed by atoms with Crippen molar-refractivity contribution in [1.29, 1.82) is 0 Å². The molecule has 0 radical (unpaired) electrons. The summed E-state index contributed by atoms with van der Waals surface area (Å²) in [4.78, 5) is 27.1. The van der Waals surface area contributed by atoms with Gasteiger partial charge in [0.25, 0.3) is 0 Å². The van der Waals surface area contributed by atoms with Gasteiger partial charge < -0.3 is 9.64 Å². The van der Waals surface area contributed by atoms with E-state index in [1.165, 1.54) is 24.3 Å². The Morgan fingerprint density at radius 3 is 2.48 bits per heavy atom. The van der Waals surface area contributed by atoms with Gasteiger partial charge in [-0.3, -0.25) is 9.59 Å². The summed E-state index contributed by atoms with van der Waals surface area (Å²) < 4.78 is 18.5. The van der Waals surface area contributed by atoms with E-state index in [0.717, 1.165) is 24.2 Å². The van der Waals surface area contributed by atoms with E-state index in [9.17, 15) is 14.0 Å². The first-order valence-electron chi connectivity index (χ1n) is 9.36. The summed E-state index contributed by atoms with van der Waals surface area (Å²) in [5, 5.41) is 0. The van der Waals surface area contributed by atoms with E-state index in [1.807, 2.05) is 31.2 Å². The number of hydrogen-bond acceptors (Lipinski definition) is 3. The number of piperidine rings is 1. The van der Waals surface area contributed by atoms with Crippen molar-refractivity contribution in [3.8, 4) is 5.75 Å². The molecule has 3 rings (SSSR count). The largest absolute Gasteiger partial charge is 0.494 e. The van der Waals surface area contributed by atoms with Crippen LogP contribution in [0.25, 0.3) is 0 Å². The van der Waals surface area contributed by atoms with Crippen molar-refractivity contribution in [3.05, 3.63) is 65.5 Å². The fraction of sp³-hybridized carbons (Fsp3) is 0.364. The van der Waals surface area contributed by atoms with Gasteiger partial charge in [-0.2, -0.15) is 0 Å². The molecule has 142 valence electrons. The van der Waals surface area contributed by atoms with Gasteiger partial charge in [0.2, 0.25) is 5.91 Å². The Bertz CT molecular complexity index is 786. The molecule has 1 saturated heterocycles. The zero-order valence-electron chi connectivity index (χ0n) is 15.5. The number of ether oxygens (including phenoxy) is 1. The fourth-order valence-corrected chi connectivity index (χ4v) is 3.42. The Balaban J connectivity index is 1.60. The third-order valence-corrected chi connectivity index (χ3v) is 4.86. The number of nitrogens with zero attached hydrogens (tertiary/aromatic N) is 1. The minimum absolute atomic E-state index is 0.0198. The van der Waals surface area contributed by atoms with E-state index in [1.54, 1.807) is 4.90 Å². The summed E-state index contributed by atoms with van der Waals surface area (Å²) in [5.74, 6) is 0.205. The highest BCUT2D eigenvalue weighted by Crippen LogP contribution is 2.22. The fourth-order valence-electron chi connectivity index (χ4n) is 3.42. The quantitative estimate of drug-likeness (QED) is 0.726. The number of carbonyl (C=O) groups excluding carboxylic acids is 2. The number of hydrogen-bond donors (Lipinski definition) is 0. The van der Waals surface area contributed by atoms with Crippen molar-refractivity contribution in [2.24, 2.45) is 5.92 Å². The lowest BCUT2D eigenvalue weighted by Crippen LogP contribution is -2.43. The molecule has 2 aromatic rings. The van der Waals surface area contributed by atoms with E-state index in [-0.39, 0.29) is 23.4 Å². The second-order valence-electron chi connectivity index (χ2n) is 6.80. The van der Waals surface area contributed by atoms with Crippen LogP contribution in [0.5, 0.6) is 5.75 Å². The minimum Gasteiger partial charge on any atom is -0.494 e. The van der Waals surface area contributed by atoms with E-state index in [0.29, 0.717) is 31.7 Å². The maximum Gasteiger partial charge on any atom is 0.227 e. The topological polar surface area (TPSA) is 46.6 Å². The van der Waals surface area contributed by atoms with Crippen LogP contribution in [-0.4, -0.2) is 36.3 Å². The number of benzene rings is 2. The van der Waals surface area contributed by atoms with Crippen LogP contribution in [0, 0.1) is 11.7 Å². The molecule has 0 N–H and O–H groups in total. The highest BCUT2D eigenvalue weighted by atomic mass is 19.1. The molecule has 5 heteroatoms. The van der Waals surface area contributed by atoms with Crippen LogP contribution in [0.1, 0.15) is 35.7 Å². The number of ketones is 1. The minimum atomic E-state index is -0.359. The van der Waals surface area contributed by atoms with Crippen molar-refractivity contribution in [2.75, 3.05) is 19.7 Å². The number of halogens is 1. The van der Waals surface area contributed by atoms with Crippen molar-refractivity contribution < 1.29 is 18.7 Å². The first-order valence-corrected chi connectivity index (χ1v) is 9.36. The molecule has 0 aliphatic carbocycles. The Morgan fingerprint density at radius 2 is 1.81 bits per heavy atom. The van der Waals surface area contributed by atoms with Crippen molar-refractivity contribution in [3.63, 3.8) is 0 Å². The third kappa shape index (κ3) is 4.94. The van der Waals surface area contributed by atoms with Crippen LogP contribution < -0.4 is 4.74 Å². The zero-order chi connectivity index (χ0) is 19.2. The van der Waals surface area contributed by atoms with Gasteiger partial charge in [0.1, 0.15) is 11.6 Å². The molecule has 0 bridgehead atoms. The van der Waals surface area contributed by atoms with Crippen LogP contribution in [0.4, 0.5) is 4.39 Å². The molecule has 1 unspecified atom stereocenters. The number of amides is 1. The van der Waals surface area contributed by atoms with E-state index in [4.69, 9.17) is 4.74 Å². The van der Waals surface area contributed by atoms with E-state index >= 15 is 0 Å². The predicted molar refractivity (Wildman–Crippen MR) is 101 cm³/mol. The lowest BCUT2D eigenvalue weighted by Gasteiger charge is -2.32. The molecule has 0 aromatic heterocycles.